The number of H-pyrrole nitrogens is 1. The van der Waals surface area contributed by atoms with Crippen molar-refractivity contribution in [3.63, 3.8) is 0 Å². The zero-order chi connectivity index (χ0) is 13.6. The summed E-state index contributed by atoms with van der Waals surface area (Å²) in [6.45, 7) is 0. The van der Waals surface area contributed by atoms with E-state index in [1.165, 1.54) is 12.1 Å². The molecule has 1 N–H and O–H groups in total. The van der Waals surface area contributed by atoms with Gasteiger partial charge in [-0.2, -0.15) is 0 Å². The first-order chi connectivity index (χ1) is 9.06. The van der Waals surface area contributed by atoms with Crippen LogP contribution in [0.3, 0.4) is 0 Å². The van der Waals surface area contributed by atoms with E-state index in [0.717, 1.165) is 15.5 Å². The molecule has 96 valence electrons. The number of hydrogen-bond donors (Lipinski definition) is 1. The van der Waals surface area contributed by atoms with Gasteiger partial charge in [-0.25, -0.2) is 4.39 Å². The summed E-state index contributed by atoms with van der Waals surface area (Å²) in [6, 6.07) is 10.0. The summed E-state index contributed by atoms with van der Waals surface area (Å²) in [5, 5.41) is 0.317. The van der Waals surface area contributed by atoms with Crippen LogP contribution in [0.25, 0.3) is 16.7 Å². The number of nitrogens with zero attached hydrogens (tertiary/aromatic N) is 1. The number of aromatic nitrogens is 2. The van der Waals surface area contributed by atoms with Gasteiger partial charge >= 0.3 is 0 Å². The summed E-state index contributed by atoms with van der Waals surface area (Å²) in [5.74, 6) is -0.374. The van der Waals surface area contributed by atoms with E-state index < -0.39 is 0 Å². The van der Waals surface area contributed by atoms with E-state index in [4.69, 9.17) is 23.8 Å². The molecule has 0 radical (unpaired) electrons. The third-order valence-corrected chi connectivity index (χ3v) is 3.88. The molecule has 0 aliphatic carbocycles. The van der Waals surface area contributed by atoms with Gasteiger partial charge in [0.25, 0.3) is 0 Å². The van der Waals surface area contributed by atoms with E-state index in [9.17, 15) is 4.39 Å². The highest BCUT2D eigenvalue weighted by molar-refractivity contribution is 9.10. The summed E-state index contributed by atoms with van der Waals surface area (Å²) >= 11 is 14.8. The van der Waals surface area contributed by atoms with Crippen LogP contribution in [0, 0.1) is 10.6 Å². The maximum Gasteiger partial charge on any atom is 0.182 e. The number of nitrogens with one attached hydrogen (secondary N) is 1. The van der Waals surface area contributed by atoms with E-state index in [1.54, 1.807) is 10.6 Å². The average molecular weight is 358 g/mol. The van der Waals surface area contributed by atoms with Gasteiger partial charge in [-0.05, 0) is 48.6 Å². The smallest absolute Gasteiger partial charge is 0.182 e. The summed E-state index contributed by atoms with van der Waals surface area (Å²) in [6.07, 6.45) is 0. The molecule has 0 amide bonds. The van der Waals surface area contributed by atoms with Gasteiger partial charge in [-0.1, -0.05) is 27.5 Å². The predicted octanol–water partition coefficient (Wildman–Crippen LogP) is 5.24. The fourth-order valence-corrected chi connectivity index (χ4v) is 2.89. The first kappa shape index (κ1) is 12.8. The van der Waals surface area contributed by atoms with E-state index >= 15 is 0 Å². The normalized spacial score (nSPS) is 11.1. The second-order valence-electron chi connectivity index (χ2n) is 4.02. The monoisotopic (exact) mass is 356 g/mol. The lowest BCUT2D eigenvalue weighted by molar-refractivity contribution is 0.627. The lowest BCUT2D eigenvalue weighted by Crippen LogP contribution is -1.95. The Hall–Kier alpha value is -1.17. The number of fused-ring (bicyclic) bond motifs is 1. The Labute approximate surface area is 127 Å². The number of benzene rings is 2. The zero-order valence-corrected chi connectivity index (χ0v) is 12.6. The molecule has 3 aromatic rings. The van der Waals surface area contributed by atoms with Crippen molar-refractivity contribution in [1.29, 1.82) is 0 Å². The van der Waals surface area contributed by atoms with Crippen molar-refractivity contribution in [2.24, 2.45) is 0 Å². The molecule has 0 aliphatic heterocycles. The van der Waals surface area contributed by atoms with Gasteiger partial charge in [0.2, 0.25) is 0 Å². The Kier molecular flexibility index (Phi) is 3.20. The van der Waals surface area contributed by atoms with Gasteiger partial charge in [0.05, 0.1) is 21.7 Å². The van der Waals surface area contributed by atoms with E-state index in [1.807, 2.05) is 18.2 Å². The number of hydrogen-bond acceptors (Lipinski definition) is 1. The molecule has 0 aliphatic rings. The van der Waals surface area contributed by atoms with Crippen LogP contribution in [0.5, 0.6) is 0 Å². The molecule has 3 rings (SSSR count). The lowest BCUT2D eigenvalue weighted by atomic mass is 10.2. The Morgan fingerprint density at radius 2 is 2.00 bits per heavy atom. The molecule has 0 bridgehead atoms. The van der Waals surface area contributed by atoms with E-state index in [0.29, 0.717) is 15.5 Å². The summed E-state index contributed by atoms with van der Waals surface area (Å²) < 4.78 is 16.4. The fraction of sp³-hybridized carbons (Fsp3) is 0. The number of halogens is 3. The molecule has 19 heavy (non-hydrogen) atoms. The fourth-order valence-electron chi connectivity index (χ4n) is 1.98. The minimum absolute atomic E-state index is 0.317. The summed E-state index contributed by atoms with van der Waals surface area (Å²) in [4.78, 5) is 3.10. The molecule has 1 heterocycles. The third-order valence-electron chi connectivity index (χ3n) is 2.80. The maximum atomic E-state index is 13.1. The molecule has 2 aromatic carbocycles. The minimum Gasteiger partial charge on any atom is -0.330 e. The van der Waals surface area contributed by atoms with Crippen molar-refractivity contribution < 1.29 is 4.39 Å². The highest BCUT2D eigenvalue weighted by Crippen LogP contribution is 2.27. The first-order valence-corrected chi connectivity index (χ1v) is 7.00. The van der Waals surface area contributed by atoms with Gasteiger partial charge in [-0.3, -0.25) is 4.57 Å². The molecule has 0 unspecified atom stereocenters. The van der Waals surface area contributed by atoms with Gasteiger partial charge in [0.1, 0.15) is 5.82 Å². The highest BCUT2D eigenvalue weighted by atomic mass is 79.9. The molecular formula is C13H7BrClFN2S. The molecule has 0 saturated carbocycles. The second-order valence-corrected chi connectivity index (χ2v) is 5.73. The molecule has 6 heteroatoms. The van der Waals surface area contributed by atoms with Crippen molar-refractivity contribution in [3.8, 4) is 5.69 Å². The van der Waals surface area contributed by atoms with E-state index in [-0.39, 0.29) is 5.82 Å². The summed E-state index contributed by atoms with van der Waals surface area (Å²) in [5.41, 5.74) is 2.43. The van der Waals surface area contributed by atoms with Gasteiger partial charge in [0, 0.05) is 4.47 Å². The predicted molar refractivity (Wildman–Crippen MR) is 81.1 cm³/mol. The van der Waals surface area contributed by atoms with Crippen LogP contribution in [0.2, 0.25) is 5.02 Å². The molecule has 2 nitrogen and oxygen atoms in total. The molecular weight excluding hydrogens is 351 g/mol. The Bertz CT molecular complexity index is 840. The number of imidazole rings is 1. The molecule has 0 fully saturated rings. The first-order valence-electron chi connectivity index (χ1n) is 5.42. The van der Waals surface area contributed by atoms with E-state index in [2.05, 4.69) is 20.9 Å². The van der Waals surface area contributed by atoms with Crippen LogP contribution in [-0.2, 0) is 0 Å². The molecule has 0 saturated heterocycles. The van der Waals surface area contributed by atoms with Crippen molar-refractivity contribution >= 4 is 50.8 Å². The van der Waals surface area contributed by atoms with Crippen molar-refractivity contribution in [3.05, 3.63) is 56.5 Å². The minimum atomic E-state index is -0.374. The van der Waals surface area contributed by atoms with Gasteiger partial charge in [0.15, 0.2) is 4.77 Å². The SMILES string of the molecule is Fc1ccc(-n2c(=S)[nH]c3ccc(Br)cc32)c(Cl)c1. The standard InChI is InChI=1S/C13H7BrClFN2S/c14-7-1-3-10-12(5-7)18(13(19)17-10)11-4-2-8(16)6-9(11)15/h1-6H,(H,17,19). The molecule has 0 spiro atoms. The topological polar surface area (TPSA) is 20.7 Å². The Morgan fingerprint density at radius 1 is 1.21 bits per heavy atom. The molecule has 1 aromatic heterocycles. The van der Waals surface area contributed by atoms with Gasteiger partial charge in [-0.15, -0.1) is 0 Å². The van der Waals surface area contributed by atoms with Gasteiger partial charge < -0.3 is 4.98 Å². The van der Waals surface area contributed by atoms with Crippen LogP contribution in [-0.4, -0.2) is 9.55 Å². The summed E-state index contributed by atoms with van der Waals surface area (Å²) in [7, 11) is 0. The average Bonchev–Trinajstić information content (AvgIpc) is 2.65. The van der Waals surface area contributed by atoms with Crippen molar-refractivity contribution in [2.75, 3.05) is 0 Å². The largest absolute Gasteiger partial charge is 0.330 e. The Morgan fingerprint density at radius 3 is 2.74 bits per heavy atom. The van der Waals surface area contributed by atoms with Crippen molar-refractivity contribution in [2.45, 2.75) is 0 Å². The zero-order valence-electron chi connectivity index (χ0n) is 9.45. The van der Waals surface area contributed by atoms with Crippen molar-refractivity contribution in [1.82, 2.24) is 9.55 Å². The lowest BCUT2D eigenvalue weighted by Gasteiger charge is -2.07. The number of rotatable bonds is 1. The Balaban J connectivity index is 2.38. The maximum absolute atomic E-state index is 13.1. The van der Waals surface area contributed by atoms with Crippen LogP contribution in [0.4, 0.5) is 4.39 Å². The third kappa shape index (κ3) is 2.22. The second kappa shape index (κ2) is 4.74. The van der Waals surface area contributed by atoms with Crippen LogP contribution < -0.4 is 0 Å². The highest BCUT2D eigenvalue weighted by Gasteiger charge is 2.10. The quantitative estimate of drug-likeness (QED) is 0.590. The molecule has 0 atom stereocenters. The number of aromatic amines is 1. The van der Waals surface area contributed by atoms with Crippen LogP contribution in [0.1, 0.15) is 0 Å². The van der Waals surface area contributed by atoms with Crippen LogP contribution >= 0.6 is 39.7 Å². The van der Waals surface area contributed by atoms with Crippen LogP contribution in [0.15, 0.2) is 40.9 Å².